The normalized spacial score (nSPS) is 12.1. The highest BCUT2D eigenvalue weighted by atomic mass is 35.5. The van der Waals surface area contributed by atoms with E-state index in [-0.39, 0.29) is 17.3 Å². The van der Waals surface area contributed by atoms with Crippen molar-refractivity contribution in [2.45, 2.75) is 49.6 Å². The number of likely N-dealkylation sites (N-methyl/N-ethyl adjacent to an activating group) is 1. The largest absolute Gasteiger partial charge is 0.355 e. The van der Waals surface area contributed by atoms with Crippen LogP contribution in [0.3, 0.4) is 0 Å². The van der Waals surface area contributed by atoms with Gasteiger partial charge in [-0.05, 0) is 75.1 Å². The number of nitrogens with zero attached hydrogens (tertiary/aromatic N) is 2. The zero-order valence-electron chi connectivity index (χ0n) is 22.9. The third kappa shape index (κ3) is 7.51. The first-order valence-corrected chi connectivity index (χ1v) is 16.2. The van der Waals surface area contributed by atoms with E-state index in [1.807, 2.05) is 13.2 Å². The molecule has 214 valence electrons. The molecule has 3 aromatic carbocycles. The van der Waals surface area contributed by atoms with Gasteiger partial charge in [-0.25, -0.2) is 8.42 Å². The van der Waals surface area contributed by atoms with Gasteiger partial charge in [0.15, 0.2) is 0 Å². The summed E-state index contributed by atoms with van der Waals surface area (Å²) in [4.78, 5) is 29.4. The van der Waals surface area contributed by atoms with Crippen molar-refractivity contribution >= 4 is 62.5 Å². The molecular formula is C29H33Cl2N3O4S2. The van der Waals surface area contributed by atoms with Gasteiger partial charge >= 0.3 is 0 Å². The number of nitrogens with one attached hydrogen (secondary N) is 1. The highest BCUT2D eigenvalue weighted by molar-refractivity contribution is 7.98. The molecule has 0 heterocycles. The van der Waals surface area contributed by atoms with Crippen molar-refractivity contribution < 1.29 is 18.0 Å². The quantitative estimate of drug-likeness (QED) is 0.245. The Morgan fingerprint density at radius 2 is 1.55 bits per heavy atom. The Labute approximate surface area is 250 Å². The number of carbonyl (C=O) groups excluding carboxylic acids is 2. The third-order valence-corrected chi connectivity index (χ3v) is 9.62. The molecule has 3 aromatic rings. The molecule has 40 heavy (non-hydrogen) atoms. The van der Waals surface area contributed by atoms with Gasteiger partial charge in [0.25, 0.3) is 10.0 Å². The number of benzene rings is 3. The number of hydrogen-bond donors (Lipinski definition) is 1. The van der Waals surface area contributed by atoms with E-state index in [9.17, 15) is 18.0 Å². The fraction of sp³-hybridized carbons (Fsp3) is 0.310. The average molecular weight is 623 g/mol. The monoisotopic (exact) mass is 621 g/mol. The predicted molar refractivity (Wildman–Crippen MR) is 164 cm³/mol. The van der Waals surface area contributed by atoms with E-state index >= 15 is 0 Å². The van der Waals surface area contributed by atoms with Crippen molar-refractivity contribution in [3.63, 3.8) is 0 Å². The summed E-state index contributed by atoms with van der Waals surface area (Å²) in [7, 11) is -4.15. The average Bonchev–Trinajstić information content (AvgIpc) is 2.93. The molecule has 0 aliphatic rings. The molecule has 7 nitrogen and oxygen atoms in total. The second-order valence-corrected chi connectivity index (χ2v) is 12.6. The predicted octanol–water partition coefficient (Wildman–Crippen LogP) is 6.16. The molecule has 1 atom stereocenters. The summed E-state index contributed by atoms with van der Waals surface area (Å²) in [5.74, 6) is -0.919. The Morgan fingerprint density at radius 1 is 0.950 bits per heavy atom. The van der Waals surface area contributed by atoms with Crippen LogP contribution in [0.2, 0.25) is 10.0 Å². The van der Waals surface area contributed by atoms with E-state index in [0.29, 0.717) is 34.3 Å². The lowest BCUT2D eigenvalue weighted by atomic mass is 10.1. The van der Waals surface area contributed by atoms with Gasteiger partial charge in [-0.2, -0.15) is 0 Å². The van der Waals surface area contributed by atoms with Gasteiger partial charge in [0.2, 0.25) is 11.8 Å². The van der Waals surface area contributed by atoms with Gasteiger partial charge in [-0.15, -0.1) is 11.8 Å². The van der Waals surface area contributed by atoms with Crippen LogP contribution < -0.4 is 9.62 Å². The number of hydrogen-bond acceptors (Lipinski definition) is 5. The van der Waals surface area contributed by atoms with E-state index in [2.05, 4.69) is 5.32 Å². The number of halogens is 2. The SMILES string of the molecule is CCNC(=O)[C@H](CC)N(Cc1c(Cl)cccc1Cl)C(=O)CN(c1ccc(C)cc1)S(=O)(=O)c1ccc(SC)cc1. The molecule has 1 N–H and O–H groups in total. The molecule has 11 heteroatoms. The van der Waals surface area contributed by atoms with Crippen LogP contribution in [0.15, 0.2) is 76.5 Å². The fourth-order valence-electron chi connectivity index (χ4n) is 4.18. The van der Waals surface area contributed by atoms with Crippen molar-refractivity contribution in [3.05, 3.63) is 87.9 Å². The Hall–Kier alpha value is -2.72. The van der Waals surface area contributed by atoms with E-state index in [1.54, 1.807) is 68.4 Å². The molecule has 0 unspecified atom stereocenters. The Bertz CT molecular complexity index is 1410. The van der Waals surface area contributed by atoms with Crippen molar-refractivity contribution in [1.29, 1.82) is 0 Å². The number of amides is 2. The number of carbonyl (C=O) groups is 2. The van der Waals surface area contributed by atoms with Crippen LogP contribution in [0, 0.1) is 6.92 Å². The van der Waals surface area contributed by atoms with Gasteiger partial charge in [0, 0.05) is 33.6 Å². The van der Waals surface area contributed by atoms with E-state index < -0.39 is 28.5 Å². The summed E-state index contributed by atoms with van der Waals surface area (Å²) in [6.45, 7) is 5.24. The highest BCUT2D eigenvalue weighted by Gasteiger charge is 2.34. The first-order valence-electron chi connectivity index (χ1n) is 12.8. The molecule has 0 saturated carbocycles. The number of aryl methyl sites for hydroxylation is 1. The van der Waals surface area contributed by atoms with Crippen molar-refractivity contribution in [3.8, 4) is 0 Å². The molecule has 0 saturated heterocycles. The topological polar surface area (TPSA) is 86.8 Å². The molecule has 2 amide bonds. The maximum Gasteiger partial charge on any atom is 0.264 e. The molecule has 3 rings (SSSR count). The standard InChI is InChI=1S/C29H33Cl2N3O4S2/c1-5-27(29(36)32-6-2)33(18-24-25(30)8-7-9-26(24)31)28(35)19-34(21-12-10-20(3)11-13-21)40(37,38)23-16-14-22(39-4)15-17-23/h7-17,27H,5-6,18-19H2,1-4H3,(H,32,36)/t27-/m0/s1. The zero-order valence-corrected chi connectivity index (χ0v) is 26.0. The first kappa shape index (κ1) is 31.8. The van der Waals surface area contributed by atoms with E-state index in [1.165, 1.54) is 28.8 Å². The second-order valence-electron chi connectivity index (χ2n) is 9.06. The number of sulfonamides is 1. The minimum absolute atomic E-state index is 0.0511. The van der Waals surface area contributed by atoms with Crippen LogP contribution in [0.25, 0.3) is 0 Å². The van der Waals surface area contributed by atoms with Gasteiger partial charge in [0.1, 0.15) is 12.6 Å². The lowest BCUT2D eigenvalue weighted by Crippen LogP contribution is -2.52. The highest BCUT2D eigenvalue weighted by Crippen LogP contribution is 2.29. The maximum absolute atomic E-state index is 14.1. The molecule has 0 bridgehead atoms. The summed E-state index contributed by atoms with van der Waals surface area (Å²) in [6.07, 6.45) is 2.20. The minimum Gasteiger partial charge on any atom is -0.355 e. The second kappa shape index (κ2) is 14.3. The van der Waals surface area contributed by atoms with Gasteiger partial charge in [-0.3, -0.25) is 13.9 Å². The molecule has 0 fully saturated rings. The van der Waals surface area contributed by atoms with E-state index in [0.717, 1.165) is 14.8 Å². The molecule has 0 aliphatic carbocycles. The van der Waals surface area contributed by atoms with E-state index in [4.69, 9.17) is 23.2 Å². The van der Waals surface area contributed by atoms with Crippen LogP contribution in [-0.4, -0.2) is 50.5 Å². The molecule has 0 aromatic heterocycles. The summed E-state index contributed by atoms with van der Waals surface area (Å²) >= 11 is 14.4. The van der Waals surface area contributed by atoms with Gasteiger partial charge < -0.3 is 10.2 Å². The van der Waals surface area contributed by atoms with Crippen LogP contribution in [0.5, 0.6) is 0 Å². The summed E-state index contributed by atoms with van der Waals surface area (Å²) < 4.78 is 29.0. The number of anilines is 1. The van der Waals surface area contributed by atoms with Gasteiger partial charge in [0.05, 0.1) is 10.6 Å². The lowest BCUT2D eigenvalue weighted by Gasteiger charge is -2.33. The van der Waals surface area contributed by atoms with Crippen molar-refractivity contribution in [2.75, 3.05) is 23.7 Å². The number of rotatable bonds is 12. The summed E-state index contributed by atoms with van der Waals surface area (Å²) in [6, 6.07) is 17.5. The van der Waals surface area contributed by atoms with Gasteiger partial charge in [-0.1, -0.05) is 53.9 Å². The fourth-order valence-corrected chi connectivity index (χ4v) is 6.52. The molecular weight excluding hydrogens is 589 g/mol. The summed E-state index contributed by atoms with van der Waals surface area (Å²) in [5, 5.41) is 3.45. The Kier molecular flexibility index (Phi) is 11.3. The smallest absolute Gasteiger partial charge is 0.264 e. The number of thioether (sulfide) groups is 1. The molecule has 0 spiro atoms. The first-order chi connectivity index (χ1) is 19.0. The van der Waals surface area contributed by atoms with Crippen LogP contribution >= 0.6 is 35.0 Å². The Morgan fingerprint density at radius 3 is 2.08 bits per heavy atom. The Balaban J connectivity index is 2.09. The van der Waals surface area contributed by atoms with Crippen LogP contribution in [-0.2, 0) is 26.2 Å². The lowest BCUT2D eigenvalue weighted by molar-refractivity contribution is -0.140. The van der Waals surface area contributed by atoms with Crippen LogP contribution in [0.1, 0.15) is 31.4 Å². The summed E-state index contributed by atoms with van der Waals surface area (Å²) in [5.41, 5.74) is 1.74. The zero-order chi connectivity index (χ0) is 29.4. The van der Waals surface area contributed by atoms with Crippen LogP contribution in [0.4, 0.5) is 5.69 Å². The molecule has 0 aliphatic heterocycles. The maximum atomic E-state index is 14.1. The molecule has 0 radical (unpaired) electrons. The van der Waals surface area contributed by atoms with Crippen molar-refractivity contribution in [2.24, 2.45) is 0 Å². The minimum atomic E-state index is -4.15. The third-order valence-electron chi connectivity index (χ3n) is 6.38. The van der Waals surface area contributed by atoms with Crippen molar-refractivity contribution in [1.82, 2.24) is 10.2 Å².